The first-order chi connectivity index (χ1) is 23.2. The summed E-state index contributed by atoms with van der Waals surface area (Å²) in [4.78, 5) is 27.5. The summed E-state index contributed by atoms with van der Waals surface area (Å²) in [6.45, 7) is 8.50. The molecule has 0 fully saturated rings. The average Bonchev–Trinajstić information content (AvgIpc) is 3.40. The van der Waals surface area contributed by atoms with Gasteiger partial charge >= 0.3 is 5.97 Å². The van der Waals surface area contributed by atoms with E-state index >= 15 is 0 Å². The molecule has 0 amide bonds. The first kappa shape index (κ1) is 32.9. The molecule has 0 unspecified atom stereocenters. The molecule has 0 aliphatic carbocycles. The third-order valence-corrected chi connectivity index (χ3v) is 14.0. The first-order valence-electron chi connectivity index (χ1n) is 16.4. The van der Waals surface area contributed by atoms with Crippen LogP contribution in [0.3, 0.4) is 0 Å². The maximum atomic E-state index is 14.9. The fourth-order valence-corrected chi connectivity index (χ4v) is 11.5. The van der Waals surface area contributed by atoms with Crippen molar-refractivity contribution in [1.29, 1.82) is 0 Å². The molecule has 6 aromatic rings. The van der Waals surface area contributed by atoms with Gasteiger partial charge in [0.25, 0.3) is 8.32 Å². The Hall–Kier alpha value is -5.04. The average molecular weight is 652 g/mol. The lowest BCUT2D eigenvalue weighted by Gasteiger charge is -2.43. The Kier molecular flexibility index (Phi) is 9.58. The maximum absolute atomic E-state index is 14.9. The predicted molar refractivity (Wildman–Crippen MR) is 196 cm³/mol. The van der Waals surface area contributed by atoms with Gasteiger partial charge in [-0.15, -0.1) is 0 Å². The van der Waals surface area contributed by atoms with Crippen molar-refractivity contribution in [2.24, 2.45) is 0 Å². The monoisotopic (exact) mass is 651 g/mol. The van der Waals surface area contributed by atoms with Gasteiger partial charge in [0.1, 0.15) is 0 Å². The lowest BCUT2D eigenvalue weighted by molar-refractivity contribution is -0.132. The van der Waals surface area contributed by atoms with Crippen molar-refractivity contribution in [3.05, 3.63) is 162 Å². The molecule has 5 nitrogen and oxygen atoms in total. The van der Waals surface area contributed by atoms with Gasteiger partial charge in [-0.3, -0.25) is 9.59 Å². The highest BCUT2D eigenvalue weighted by atomic mass is 28.4. The van der Waals surface area contributed by atoms with Crippen LogP contribution in [0.25, 0.3) is 10.9 Å². The fourth-order valence-electron chi connectivity index (χ4n) is 6.95. The molecule has 0 aliphatic rings. The highest BCUT2D eigenvalue weighted by Gasteiger charge is 2.50. The van der Waals surface area contributed by atoms with Gasteiger partial charge in [-0.25, -0.2) is 4.57 Å². The summed E-state index contributed by atoms with van der Waals surface area (Å²) in [6.07, 6.45) is 0.440. The molecule has 1 aromatic heterocycles. The van der Waals surface area contributed by atoms with E-state index < -0.39 is 20.2 Å². The summed E-state index contributed by atoms with van der Waals surface area (Å²) < 4.78 is 14.8. The number of aromatic nitrogens is 1. The van der Waals surface area contributed by atoms with Gasteiger partial charge in [0.15, 0.2) is 0 Å². The third kappa shape index (κ3) is 6.29. The molecule has 242 valence electrons. The number of para-hydroxylation sites is 1. The number of hydrogen-bond donors (Lipinski definition) is 0. The van der Waals surface area contributed by atoms with Crippen molar-refractivity contribution in [3.8, 4) is 5.88 Å². The number of carbonyl (C=O) groups is 2. The van der Waals surface area contributed by atoms with Gasteiger partial charge in [-0.2, -0.15) is 0 Å². The molecule has 0 aliphatic heterocycles. The Morgan fingerprint density at radius 3 is 1.60 bits per heavy atom. The Balaban J connectivity index is 1.47. The third-order valence-electron chi connectivity index (χ3n) is 8.99. The molecule has 6 heteroatoms. The largest absolute Gasteiger partial charge is 0.409 e. The van der Waals surface area contributed by atoms with Crippen molar-refractivity contribution >= 4 is 41.5 Å². The molecule has 1 heterocycles. The number of ether oxygens (including phenoxy) is 1. The van der Waals surface area contributed by atoms with Crippen molar-refractivity contribution < 1.29 is 18.8 Å². The van der Waals surface area contributed by atoms with Crippen LogP contribution in [0.2, 0.25) is 5.04 Å². The molecule has 6 rings (SSSR count). The Morgan fingerprint density at radius 1 is 0.667 bits per heavy atom. The smallest absolute Gasteiger partial charge is 0.309 e. The Labute approximate surface area is 283 Å². The highest BCUT2D eigenvalue weighted by molar-refractivity contribution is 6.99. The molecular formula is C42H41NO4Si. The lowest BCUT2D eigenvalue weighted by atomic mass is 9.90. The molecule has 0 saturated carbocycles. The molecule has 0 atom stereocenters. The van der Waals surface area contributed by atoms with Crippen LogP contribution in [0.4, 0.5) is 0 Å². The first-order valence-corrected chi connectivity index (χ1v) is 18.3. The number of nitrogens with zero attached hydrogens (tertiary/aromatic N) is 1. The molecule has 0 N–H and O–H groups in total. The van der Waals surface area contributed by atoms with Crippen LogP contribution in [0, 0.1) is 0 Å². The van der Waals surface area contributed by atoms with E-state index in [1.807, 2.05) is 97.1 Å². The highest BCUT2D eigenvalue weighted by Crippen LogP contribution is 2.39. The van der Waals surface area contributed by atoms with Crippen molar-refractivity contribution in [1.82, 2.24) is 4.57 Å². The normalized spacial score (nSPS) is 11.9. The van der Waals surface area contributed by atoms with Crippen molar-refractivity contribution in [2.75, 3.05) is 6.61 Å². The zero-order valence-corrected chi connectivity index (χ0v) is 28.9. The zero-order valence-electron chi connectivity index (χ0n) is 27.9. The lowest BCUT2D eigenvalue weighted by Crippen LogP contribution is -2.66. The van der Waals surface area contributed by atoms with E-state index in [0.29, 0.717) is 18.5 Å². The van der Waals surface area contributed by atoms with E-state index in [-0.39, 0.29) is 16.8 Å². The van der Waals surface area contributed by atoms with E-state index in [1.54, 1.807) is 4.57 Å². The zero-order chi connectivity index (χ0) is 33.7. The molecule has 0 saturated heterocycles. The van der Waals surface area contributed by atoms with Crippen LogP contribution in [-0.4, -0.2) is 31.4 Å². The van der Waals surface area contributed by atoms with Crippen LogP contribution in [-0.2, 0) is 15.6 Å². The fraction of sp³-hybridized carbons (Fsp3) is 0.190. The number of rotatable bonds is 10. The van der Waals surface area contributed by atoms with E-state index in [1.165, 1.54) is 17.3 Å². The van der Waals surface area contributed by atoms with Crippen LogP contribution < -0.4 is 15.1 Å². The van der Waals surface area contributed by atoms with Crippen molar-refractivity contribution in [2.45, 2.75) is 45.1 Å². The number of esters is 1. The van der Waals surface area contributed by atoms with Gasteiger partial charge in [0.2, 0.25) is 11.8 Å². The molecule has 5 aromatic carbocycles. The number of hydrogen-bond acceptors (Lipinski definition) is 4. The Morgan fingerprint density at radius 2 is 1.12 bits per heavy atom. The number of carbonyl (C=O) groups excluding carboxylic acids is 2. The molecular weight excluding hydrogens is 611 g/mol. The van der Waals surface area contributed by atoms with Crippen LogP contribution in [0.1, 0.15) is 55.1 Å². The second-order valence-corrected chi connectivity index (χ2v) is 17.4. The van der Waals surface area contributed by atoms with Crippen molar-refractivity contribution in [3.63, 3.8) is 0 Å². The van der Waals surface area contributed by atoms with E-state index in [4.69, 9.17) is 9.16 Å². The second-order valence-electron chi connectivity index (χ2n) is 13.1. The molecule has 48 heavy (non-hydrogen) atoms. The second kappa shape index (κ2) is 14.0. The van der Waals surface area contributed by atoms with E-state index in [0.717, 1.165) is 22.1 Å². The topological polar surface area (TPSA) is 57.5 Å². The molecule has 0 radical (unpaired) electrons. The van der Waals surface area contributed by atoms with Gasteiger partial charge in [0.05, 0.1) is 11.4 Å². The summed E-state index contributed by atoms with van der Waals surface area (Å²) in [6, 6.07) is 48.3. The minimum atomic E-state index is -2.82. The number of fused-ring (bicyclic) bond motifs is 1. The Bertz CT molecular complexity index is 1920. The van der Waals surface area contributed by atoms with Gasteiger partial charge < -0.3 is 9.16 Å². The van der Waals surface area contributed by atoms with Crippen LogP contribution in [0.5, 0.6) is 5.88 Å². The minimum absolute atomic E-state index is 0.195. The van der Waals surface area contributed by atoms with Gasteiger partial charge in [-0.05, 0) is 32.6 Å². The quantitative estimate of drug-likeness (QED) is 0.111. The molecule has 0 bridgehead atoms. The number of benzene rings is 5. The summed E-state index contributed by atoms with van der Waals surface area (Å²) in [5, 5.41) is 3.04. The minimum Gasteiger partial charge on any atom is -0.409 e. The van der Waals surface area contributed by atoms with Crippen LogP contribution >= 0.6 is 0 Å². The maximum Gasteiger partial charge on any atom is 0.309 e. The predicted octanol–water partition coefficient (Wildman–Crippen LogP) is 8.16. The summed E-state index contributed by atoms with van der Waals surface area (Å²) in [5.41, 5.74) is 3.18. The van der Waals surface area contributed by atoms with Gasteiger partial charge in [0, 0.05) is 30.9 Å². The summed E-state index contributed by atoms with van der Waals surface area (Å²) >= 11 is 0. The standard InChI is InChI=1S/C42H41NO4Si/c1-31(44)47-41-37(29-30-46-48(42(2,3)4,34-23-13-7-14-24-34)35-25-15-8-16-26-35)36-27-17-18-28-38(36)43(41)40(45)39(32-19-9-5-10-20-32)33-21-11-6-12-22-33/h5-28,39H,29-30H2,1-4H3. The van der Waals surface area contributed by atoms with Gasteiger partial charge in [-0.1, -0.05) is 160 Å². The summed E-state index contributed by atoms with van der Waals surface area (Å²) in [5.74, 6) is -1.05. The van der Waals surface area contributed by atoms with E-state index in [2.05, 4.69) is 69.3 Å². The SMILES string of the molecule is CC(=O)Oc1c(CCO[Si](c2ccccc2)(c2ccccc2)C(C)(C)C)c2ccccc2n1C(=O)C(c1ccccc1)c1ccccc1. The van der Waals surface area contributed by atoms with E-state index in [9.17, 15) is 9.59 Å². The molecule has 0 spiro atoms. The van der Waals surface area contributed by atoms with Crippen LogP contribution in [0.15, 0.2) is 146 Å². The summed E-state index contributed by atoms with van der Waals surface area (Å²) in [7, 11) is -2.82.